The van der Waals surface area contributed by atoms with Crippen LogP contribution in [0.15, 0.2) is 42.5 Å². The summed E-state index contributed by atoms with van der Waals surface area (Å²) >= 11 is 11.9. The van der Waals surface area contributed by atoms with Gasteiger partial charge < -0.3 is 11.1 Å². The summed E-state index contributed by atoms with van der Waals surface area (Å²) in [6.07, 6.45) is 0. The topological polar surface area (TPSA) is 55.1 Å². The van der Waals surface area contributed by atoms with E-state index >= 15 is 0 Å². The van der Waals surface area contributed by atoms with Crippen LogP contribution in [-0.2, 0) is 0 Å². The maximum absolute atomic E-state index is 12.1. The second kappa shape index (κ2) is 7.14. The fraction of sp³-hybridized carbons (Fsp3) is 0.0625. The summed E-state index contributed by atoms with van der Waals surface area (Å²) in [4.78, 5) is 12.1. The second-order valence-electron chi connectivity index (χ2n) is 4.16. The Morgan fingerprint density at radius 2 is 2.00 bits per heavy atom. The number of rotatable bonds is 2. The molecule has 0 saturated heterocycles. The third kappa shape index (κ3) is 4.24. The monoisotopic (exact) mass is 318 g/mol. The predicted molar refractivity (Wildman–Crippen MR) is 86.8 cm³/mol. The predicted octanol–water partition coefficient (Wildman–Crippen LogP) is 3.56. The average molecular weight is 319 g/mol. The molecule has 0 heterocycles. The highest BCUT2D eigenvalue weighted by atomic mass is 35.5. The largest absolute Gasteiger partial charge is 0.322 e. The molecular weight excluding hydrogens is 307 g/mol. The Bertz CT molecular complexity index is 733. The summed E-state index contributed by atoms with van der Waals surface area (Å²) in [7, 11) is 0. The SMILES string of the molecule is NCC#Cc1cc(NC(=O)c2cccc(Cl)c2)ccc1Cl. The zero-order valence-electron chi connectivity index (χ0n) is 11.0. The number of nitrogens with one attached hydrogen (secondary N) is 1. The summed E-state index contributed by atoms with van der Waals surface area (Å²) in [6, 6.07) is 11.8. The minimum atomic E-state index is -0.252. The van der Waals surface area contributed by atoms with Crippen molar-refractivity contribution in [1.82, 2.24) is 0 Å². The van der Waals surface area contributed by atoms with Crippen LogP contribution in [0.4, 0.5) is 5.69 Å². The zero-order chi connectivity index (χ0) is 15.2. The Morgan fingerprint density at radius 1 is 1.19 bits per heavy atom. The normalized spacial score (nSPS) is 9.67. The lowest BCUT2D eigenvalue weighted by Gasteiger charge is -2.07. The molecule has 2 aromatic rings. The third-order valence-electron chi connectivity index (χ3n) is 2.64. The number of carbonyl (C=O) groups is 1. The molecule has 1 amide bonds. The Balaban J connectivity index is 2.21. The number of hydrogen-bond donors (Lipinski definition) is 2. The van der Waals surface area contributed by atoms with E-state index in [9.17, 15) is 4.79 Å². The number of carbonyl (C=O) groups excluding carboxylic acids is 1. The average Bonchev–Trinajstić information content (AvgIpc) is 2.47. The molecule has 0 aliphatic heterocycles. The number of anilines is 1. The van der Waals surface area contributed by atoms with Crippen LogP contribution < -0.4 is 11.1 Å². The summed E-state index contributed by atoms with van der Waals surface area (Å²) in [5.41, 5.74) is 7.03. The first-order valence-corrected chi connectivity index (χ1v) is 6.91. The van der Waals surface area contributed by atoms with Gasteiger partial charge in [-0.25, -0.2) is 0 Å². The molecule has 0 aliphatic rings. The summed E-state index contributed by atoms with van der Waals surface area (Å²) in [5.74, 6) is 5.33. The van der Waals surface area contributed by atoms with Gasteiger partial charge >= 0.3 is 0 Å². The van der Waals surface area contributed by atoms with Crippen molar-refractivity contribution < 1.29 is 4.79 Å². The lowest BCUT2D eigenvalue weighted by Crippen LogP contribution is -2.11. The van der Waals surface area contributed by atoms with Crippen molar-refractivity contribution in [1.29, 1.82) is 0 Å². The van der Waals surface area contributed by atoms with Crippen LogP contribution in [0.5, 0.6) is 0 Å². The standard InChI is InChI=1S/C16H12Cl2N2O/c17-13-5-1-3-12(9-13)16(21)20-14-6-7-15(18)11(10-14)4-2-8-19/h1,3,5-7,9-10H,8,19H2,(H,20,21). The first-order chi connectivity index (χ1) is 10.1. The van der Waals surface area contributed by atoms with E-state index in [1.54, 1.807) is 42.5 Å². The van der Waals surface area contributed by atoms with Gasteiger partial charge in [0.25, 0.3) is 5.91 Å². The van der Waals surface area contributed by atoms with Crippen molar-refractivity contribution in [2.75, 3.05) is 11.9 Å². The van der Waals surface area contributed by atoms with Crippen LogP contribution in [0.1, 0.15) is 15.9 Å². The van der Waals surface area contributed by atoms with Gasteiger partial charge in [0.15, 0.2) is 0 Å². The van der Waals surface area contributed by atoms with Gasteiger partial charge in [-0.3, -0.25) is 4.79 Å². The molecule has 2 aromatic carbocycles. The van der Waals surface area contributed by atoms with Crippen molar-refractivity contribution in [3.63, 3.8) is 0 Å². The Labute approximate surface area is 133 Å². The maximum Gasteiger partial charge on any atom is 0.255 e. The molecule has 5 heteroatoms. The van der Waals surface area contributed by atoms with Crippen molar-refractivity contribution in [2.24, 2.45) is 5.73 Å². The lowest BCUT2D eigenvalue weighted by molar-refractivity contribution is 0.102. The van der Waals surface area contributed by atoms with Crippen molar-refractivity contribution in [3.05, 3.63) is 63.6 Å². The van der Waals surface area contributed by atoms with Crippen molar-refractivity contribution >= 4 is 34.8 Å². The minimum absolute atomic E-state index is 0.245. The molecule has 3 N–H and O–H groups in total. The molecule has 106 valence electrons. The van der Waals surface area contributed by atoms with E-state index in [0.717, 1.165) is 0 Å². The zero-order valence-corrected chi connectivity index (χ0v) is 12.5. The highest BCUT2D eigenvalue weighted by Crippen LogP contribution is 2.20. The van der Waals surface area contributed by atoms with E-state index in [2.05, 4.69) is 17.2 Å². The van der Waals surface area contributed by atoms with E-state index in [1.807, 2.05) is 0 Å². The highest BCUT2D eigenvalue weighted by molar-refractivity contribution is 6.32. The fourth-order valence-corrected chi connectivity index (χ4v) is 2.03. The van der Waals surface area contributed by atoms with E-state index in [-0.39, 0.29) is 12.5 Å². The summed E-state index contributed by atoms with van der Waals surface area (Å²) in [6.45, 7) is 0.245. The third-order valence-corrected chi connectivity index (χ3v) is 3.20. The smallest absolute Gasteiger partial charge is 0.255 e. The molecule has 2 rings (SSSR count). The van der Waals surface area contributed by atoms with Gasteiger partial charge in [0.2, 0.25) is 0 Å². The molecular formula is C16H12Cl2N2O. The van der Waals surface area contributed by atoms with Gasteiger partial charge in [-0.1, -0.05) is 41.1 Å². The molecule has 0 saturated carbocycles. The van der Waals surface area contributed by atoms with Crippen LogP contribution in [0, 0.1) is 11.8 Å². The van der Waals surface area contributed by atoms with E-state index < -0.39 is 0 Å². The summed E-state index contributed by atoms with van der Waals surface area (Å²) < 4.78 is 0. The summed E-state index contributed by atoms with van der Waals surface area (Å²) in [5, 5.41) is 3.79. The molecule has 0 radical (unpaired) electrons. The van der Waals surface area contributed by atoms with Gasteiger partial charge in [0, 0.05) is 21.8 Å². The molecule has 0 unspecified atom stereocenters. The molecule has 0 fully saturated rings. The van der Waals surface area contributed by atoms with Gasteiger partial charge in [-0.2, -0.15) is 0 Å². The molecule has 3 nitrogen and oxygen atoms in total. The molecule has 0 bridgehead atoms. The second-order valence-corrected chi connectivity index (χ2v) is 5.01. The van der Waals surface area contributed by atoms with Crippen LogP contribution in [0.2, 0.25) is 10.0 Å². The van der Waals surface area contributed by atoms with E-state index in [0.29, 0.717) is 26.9 Å². The van der Waals surface area contributed by atoms with E-state index in [4.69, 9.17) is 28.9 Å². The Hall–Kier alpha value is -1.99. The quantitative estimate of drug-likeness (QED) is 0.832. The number of hydrogen-bond acceptors (Lipinski definition) is 2. The van der Waals surface area contributed by atoms with Crippen molar-refractivity contribution in [3.8, 4) is 11.8 Å². The van der Waals surface area contributed by atoms with E-state index in [1.165, 1.54) is 0 Å². The molecule has 0 aromatic heterocycles. The fourth-order valence-electron chi connectivity index (χ4n) is 1.68. The van der Waals surface area contributed by atoms with Crippen LogP contribution in [0.3, 0.4) is 0 Å². The number of halogens is 2. The molecule has 0 spiro atoms. The van der Waals surface area contributed by atoms with Crippen LogP contribution >= 0.6 is 23.2 Å². The lowest BCUT2D eigenvalue weighted by atomic mass is 10.1. The van der Waals surface area contributed by atoms with Crippen LogP contribution in [0.25, 0.3) is 0 Å². The van der Waals surface area contributed by atoms with Crippen molar-refractivity contribution in [2.45, 2.75) is 0 Å². The molecule has 0 aliphatic carbocycles. The number of nitrogens with two attached hydrogens (primary N) is 1. The number of amides is 1. The van der Waals surface area contributed by atoms with Gasteiger partial charge in [-0.05, 0) is 36.4 Å². The van der Waals surface area contributed by atoms with Gasteiger partial charge in [0.1, 0.15) is 0 Å². The highest BCUT2D eigenvalue weighted by Gasteiger charge is 2.07. The molecule has 0 atom stereocenters. The first kappa shape index (κ1) is 15.4. The van der Waals surface area contributed by atoms with Gasteiger partial charge in [-0.15, -0.1) is 0 Å². The van der Waals surface area contributed by atoms with Crippen LogP contribution in [-0.4, -0.2) is 12.5 Å². The Kier molecular flexibility index (Phi) is 5.24. The first-order valence-electron chi connectivity index (χ1n) is 6.15. The molecule has 21 heavy (non-hydrogen) atoms. The minimum Gasteiger partial charge on any atom is -0.322 e. The van der Waals surface area contributed by atoms with Gasteiger partial charge in [0.05, 0.1) is 11.6 Å². The maximum atomic E-state index is 12.1. The Morgan fingerprint density at radius 3 is 2.71 bits per heavy atom. The number of benzene rings is 2.